The van der Waals surface area contributed by atoms with Crippen LogP contribution in [0.1, 0.15) is 24.5 Å². The third-order valence-electron chi connectivity index (χ3n) is 2.39. The zero-order valence-corrected chi connectivity index (χ0v) is 10.5. The van der Waals surface area contributed by atoms with E-state index in [4.69, 9.17) is 4.74 Å². The molecule has 0 radical (unpaired) electrons. The van der Waals surface area contributed by atoms with Gasteiger partial charge in [-0.1, -0.05) is 11.3 Å². The van der Waals surface area contributed by atoms with Crippen LogP contribution < -0.4 is 0 Å². The second kappa shape index (κ2) is 3.55. The van der Waals surface area contributed by atoms with Gasteiger partial charge >= 0.3 is 5.97 Å². The van der Waals surface area contributed by atoms with Crippen molar-refractivity contribution in [2.24, 2.45) is 0 Å². The predicted octanol–water partition coefficient (Wildman–Crippen LogP) is 1.55. The third-order valence-corrected chi connectivity index (χ3v) is 3.64. The molecule has 2 aromatic heterocycles. The van der Waals surface area contributed by atoms with Crippen molar-refractivity contribution in [3.8, 4) is 0 Å². The lowest BCUT2D eigenvalue weighted by Gasteiger charge is -2.17. The van der Waals surface area contributed by atoms with E-state index in [1.54, 1.807) is 18.4 Å². The van der Waals surface area contributed by atoms with Crippen molar-refractivity contribution in [3.05, 3.63) is 16.9 Å². The van der Waals surface area contributed by atoms with Crippen LogP contribution in [0.3, 0.4) is 0 Å². The van der Waals surface area contributed by atoms with Gasteiger partial charge in [0.1, 0.15) is 10.4 Å². The number of hydrogen-bond acceptors (Lipinski definition) is 5. The van der Waals surface area contributed by atoms with E-state index in [0.29, 0.717) is 5.01 Å². The monoisotopic (exact) mass is 239 g/mol. The summed E-state index contributed by atoms with van der Waals surface area (Å²) in [5.41, 5.74) is 0.190. The van der Waals surface area contributed by atoms with Gasteiger partial charge in [0.2, 0.25) is 4.96 Å². The molecule has 6 heteroatoms. The van der Waals surface area contributed by atoms with E-state index in [1.165, 1.54) is 18.4 Å². The van der Waals surface area contributed by atoms with Crippen molar-refractivity contribution in [3.63, 3.8) is 0 Å². The molecule has 0 aliphatic carbocycles. The Hall–Kier alpha value is -1.43. The maximum absolute atomic E-state index is 11.6. The lowest BCUT2D eigenvalue weighted by atomic mass is 9.95. The molecule has 0 aromatic carbocycles. The van der Waals surface area contributed by atoms with Gasteiger partial charge in [0.05, 0.1) is 19.0 Å². The van der Waals surface area contributed by atoms with Gasteiger partial charge in [-0.05, 0) is 20.8 Å². The van der Waals surface area contributed by atoms with E-state index in [9.17, 15) is 4.79 Å². The highest BCUT2D eigenvalue weighted by Crippen LogP contribution is 2.28. The van der Waals surface area contributed by atoms with E-state index in [0.717, 1.165) is 10.7 Å². The standard InChI is InChI=1S/C10H13N3O2S/c1-6-5-13-9(11-6)16-7(12-13)10(2,3)8(14)15-4/h5H,1-4H3. The molecule has 2 aromatic rings. The molecule has 0 bridgehead atoms. The Bertz CT molecular complexity index is 510. The molecule has 0 atom stereocenters. The number of nitrogens with zero attached hydrogens (tertiary/aromatic N) is 3. The summed E-state index contributed by atoms with van der Waals surface area (Å²) in [6, 6.07) is 0. The molecule has 0 aliphatic heterocycles. The van der Waals surface area contributed by atoms with Crippen LogP contribution in [0.4, 0.5) is 0 Å². The number of esters is 1. The van der Waals surface area contributed by atoms with Gasteiger partial charge in [-0.3, -0.25) is 4.79 Å². The quantitative estimate of drug-likeness (QED) is 0.746. The van der Waals surface area contributed by atoms with Crippen LogP contribution in [0.5, 0.6) is 0 Å². The molecule has 0 aliphatic rings. The van der Waals surface area contributed by atoms with Gasteiger partial charge in [0.15, 0.2) is 0 Å². The average Bonchev–Trinajstić information content (AvgIpc) is 2.73. The molecule has 2 heterocycles. The fraction of sp³-hybridized carbons (Fsp3) is 0.500. The number of imidazole rings is 1. The first-order valence-corrected chi connectivity index (χ1v) is 5.68. The van der Waals surface area contributed by atoms with Gasteiger partial charge in [0.25, 0.3) is 0 Å². The third kappa shape index (κ3) is 1.59. The zero-order valence-electron chi connectivity index (χ0n) is 9.64. The number of rotatable bonds is 2. The normalized spacial score (nSPS) is 12.0. The molecule has 0 fully saturated rings. The summed E-state index contributed by atoms with van der Waals surface area (Å²) in [5, 5.41) is 5.06. The fourth-order valence-corrected chi connectivity index (χ4v) is 2.42. The summed E-state index contributed by atoms with van der Waals surface area (Å²) in [6.45, 7) is 5.50. The molecule has 2 rings (SSSR count). The molecule has 5 nitrogen and oxygen atoms in total. The highest BCUT2D eigenvalue weighted by Gasteiger charge is 2.35. The number of aryl methyl sites for hydroxylation is 1. The van der Waals surface area contributed by atoms with Crippen LogP contribution in [0.25, 0.3) is 4.96 Å². The maximum atomic E-state index is 11.6. The second-order valence-corrected chi connectivity index (χ2v) is 5.09. The minimum Gasteiger partial charge on any atom is -0.468 e. The van der Waals surface area contributed by atoms with Crippen LogP contribution in [0.2, 0.25) is 0 Å². The molecule has 0 N–H and O–H groups in total. The van der Waals surface area contributed by atoms with Gasteiger partial charge in [-0.15, -0.1) is 0 Å². The summed E-state index contributed by atoms with van der Waals surface area (Å²) in [6.07, 6.45) is 1.84. The summed E-state index contributed by atoms with van der Waals surface area (Å²) in [7, 11) is 1.38. The largest absolute Gasteiger partial charge is 0.468 e. The van der Waals surface area contributed by atoms with Crippen molar-refractivity contribution in [2.45, 2.75) is 26.2 Å². The Balaban J connectivity index is 2.47. The number of carbonyl (C=O) groups excluding carboxylic acids is 1. The van der Waals surface area contributed by atoms with Crippen LogP contribution in [0, 0.1) is 6.92 Å². The molecule has 0 spiro atoms. The van der Waals surface area contributed by atoms with E-state index < -0.39 is 5.41 Å². The number of fused-ring (bicyclic) bond motifs is 1. The highest BCUT2D eigenvalue weighted by molar-refractivity contribution is 7.16. The lowest BCUT2D eigenvalue weighted by molar-refractivity contribution is -0.146. The smallest absolute Gasteiger partial charge is 0.318 e. The van der Waals surface area contributed by atoms with E-state index in [1.807, 2.05) is 13.1 Å². The molecule has 0 saturated carbocycles. The SMILES string of the molecule is COC(=O)C(C)(C)c1nn2cc(C)nc2s1. The number of methoxy groups -OCH3 is 1. The maximum Gasteiger partial charge on any atom is 0.318 e. The number of carbonyl (C=O) groups is 1. The number of hydrogen-bond donors (Lipinski definition) is 0. The Labute approximate surface area is 97.1 Å². The summed E-state index contributed by atoms with van der Waals surface area (Å²) in [5.74, 6) is -0.291. The first kappa shape index (κ1) is 11.1. The zero-order chi connectivity index (χ0) is 11.9. The minimum atomic E-state index is -0.728. The fourth-order valence-electron chi connectivity index (χ4n) is 1.40. The van der Waals surface area contributed by atoms with E-state index in [2.05, 4.69) is 10.1 Å². The van der Waals surface area contributed by atoms with Crippen molar-refractivity contribution in [1.82, 2.24) is 14.6 Å². The van der Waals surface area contributed by atoms with Gasteiger partial charge in [-0.25, -0.2) is 9.50 Å². The molecular formula is C10H13N3O2S. The Morgan fingerprint density at radius 3 is 2.81 bits per heavy atom. The molecule has 0 saturated heterocycles. The summed E-state index contributed by atoms with van der Waals surface area (Å²) in [4.78, 5) is 16.7. The average molecular weight is 239 g/mol. The molecule has 0 unspecified atom stereocenters. The van der Waals surface area contributed by atoms with Crippen molar-refractivity contribution >= 4 is 22.3 Å². The minimum absolute atomic E-state index is 0.291. The van der Waals surface area contributed by atoms with Gasteiger partial charge in [-0.2, -0.15) is 5.10 Å². The Morgan fingerprint density at radius 1 is 1.56 bits per heavy atom. The van der Waals surface area contributed by atoms with Crippen LogP contribution in [0.15, 0.2) is 6.20 Å². The van der Waals surface area contributed by atoms with Gasteiger partial charge in [0, 0.05) is 0 Å². The number of aromatic nitrogens is 3. The number of ether oxygens (including phenoxy) is 1. The lowest BCUT2D eigenvalue weighted by Crippen LogP contribution is -2.30. The van der Waals surface area contributed by atoms with Crippen LogP contribution >= 0.6 is 11.3 Å². The van der Waals surface area contributed by atoms with Crippen molar-refractivity contribution in [1.29, 1.82) is 0 Å². The predicted molar refractivity (Wildman–Crippen MR) is 60.6 cm³/mol. The molecule has 0 amide bonds. The van der Waals surface area contributed by atoms with Crippen LogP contribution in [-0.2, 0) is 14.9 Å². The first-order valence-electron chi connectivity index (χ1n) is 4.87. The Morgan fingerprint density at radius 2 is 2.25 bits per heavy atom. The van der Waals surface area contributed by atoms with E-state index >= 15 is 0 Å². The highest BCUT2D eigenvalue weighted by atomic mass is 32.1. The molecule has 86 valence electrons. The van der Waals surface area contributed by atoms with Crippen molar-refractivity contribution < 1.29 is 9.53 Å². The van der Waals surface area contributed by atoms with Crippen molar-refractivity contribution in [2.75, 3.05) is 7.11 Å². The van der Waals surface area contributed by atoms with E-state index in [-0.39, 0.29) is 5.97 Å². The van der Waals surface area contributed by atoms with Crippen LogP contribution in [-0.4, -0.2) is 27.7 Å². The second-order valence-electron chi connectivity index (χ2n) is 4.13. The first-order chi connectivity index (χ1) is 7.45. The Kier molecular flexibility index (Phi) is 2.46. The summed E-state index contributed by atoms with van der Waals surface area (Å²) < 4.78 is 6.46. The summed E-state index contributed by atoms with van der Waals surface area (Å²) >= 11 is 1.41. The molecular weight excluding hydrogens is 226 g/mol. The molecule has 16 heavy (non-hydrogen) atoms. The van der Waals surface area contributed by atoms with Gasteiger partial charge < -0.3 is 4.74 Å². The topological polar surface area (TPSA) is 56.5 Å².